The van der Waals surface area contributed by atoms with E-state index in [2.05, 4.69) is 41.4 Å². The zero-order chi connectivity index (χ0) is 17.4. The minimum absolute atomic E-state index is 0.561. The minimum atomic E-state index is 0.561. The molecule has 0 bridgehead atoms. The predicted molar refractivity (Wildman–Crippen MR) is 101 cm³/mol. The summed E-state index contributed by atoms with van der Waals surface area (Å²) in [6, 6.07) is 6.24. The van der Waals surface area contributed by atoms with Crippen molar-refractivity contribution in [3.8, 4) is 16.9 Å². The molecule has 6 nitrogen and oxygen atoms in total. The third-order valence-electron chi connectivity index (χ3n) is 4.04. The van der Waals surface area contributed by atoms with Crippen LogP contribution in [0.4, 0.5) is 5.95 Å². The average Bonchev–Trinajstić information content (AvgIpc) is 3.22. The number of ether oxygens (including phenoxy) is 1. The number of quaternary nitrogens is 1. The smallest absolute Gasteiger partial charge is 0.228 e. The maximum atomic E-state index is 5.61. The van der Waals surface area contributed by atoms with Gasteiger partial charge in [-0.2, -0.15) is 5.43 Å². The maximum absolute atomic E-state index is 5.61. The molecule has 0 saturated carbocycles. The molecule has 1 aliphatic heterocycles. The molecule has 0 radical (unpaired) electrons. The molecule has 2 aromatic heterocycles. The molecule has 0 amide bonds. The monoisotopic (exact) mass is 352 g/mol. The number of nitrogens with two attached hydrogens (primary N) is 1. The molecule has 3 N–H and O–H groups in total. The summed E-state index contributed by atoms with van der Waals surface area (Å²) in [5.74, 6) is 1.42. The van der Waals surface area contributed by atoms with Gasteiger partial charge in [0.2, 0.25) is 5.95 Å². The van der Waals surface area contributed by atoms with E-state index in [4.69, 9.17) is 9.72 Å². The van der Waals surface area contributed by atoms with E-state index in [9.17, 15) is 0 Å². The highest BCUT2D eigenvalue weighted by atomic mass is 32.1. The number of nitrogens with zero attached hydrogens (tertiary/aromatic N) is 3. The second-order valence-corrected chi connectivity index (χ2v) is 7.07. The molecule has 0 saturated heterocycles. The van der Waals surface area contributed by atoms with E-state index >= 15 is 0 Å². The van der Waals surface area contributed by atoms with Crippen LogP contribution in [0.1, 0.15) is 10.4 Å². The first-order valence-corrected chi connectivity index (χ1v) is 8.72. The Bertz CT molecular complexity index is 1020. The summed E-state index contributed by atoms with van der Waals surface area (Å²) >= 11 is 1.69. The lowest BCUT2D eigenvalue weighted by Gasteiger charge is -2.10. The lowest BCUT2D eigenvalue weighted by Crippen LogP contribution is -2.69. The number of hydrogen-bond donors (Lipinski definition) is 2. The van der Waals surface area contributed by atoms with Crippen molar-refractivity contribution in [2.24, 2.45) is 5.10 Å². The van der Waals surface area contributed by atoms with Crippen LogP contribution in [0.15, 0.2) is 41.4 Å². The summed E-state index contributed by atoms with van der Waals surface area (Å²) in [4.78, 5) is 10.4. The lowest BCUT2D eigenvalue weighted by molar-refractivity contribution is -0.590. The summed E-state index contributed by atoms with van der Waals surface area (Å²) in [6.07, 6.45) is 5.50. The van der Waals surface area contributed by atoms with Gasteiger partial charge in [-0.3, -0.25) is 0 Å². The molecule has 25 heavy (non-hydrogen) atoms. The SMILES string of the molecule is COc1cc(C)ccc1-c1c(C)sc2cnc(NC3=C[NH2+]N=C3)nc12. The van der Waals surface area contributed by atoms with Gasteiger partial charge < -0.3 is 10.1 Å². The molecule has 0 unspecified atom stereocenters. The van der Waals surface area contributed by atoms with Crippen LogP contribution < -0.4 is 15.5 Å². The van der Waals surface area contributed by atoms with Crippen molar-refractivity contribution < 1.29 is 10.2 Å². The Morgan fingerprint density at radius 1 is 1.24 bits per heavy atom. The number of methoxy groups -OCH3 is 1. The Morgan fingerprint density at radius 2 is 2.12 bits per heavy atom. The van der Waals surface area contributed by atoms with Crippen molar-refractivity contribution in [3.63, 3.8) is 0 Å². The van der Waals surface area contributed by atoms with Crippen LogP contribution in [-0.2, 0) is 0 Å². The molecule has 1 aliphatic rings. The quantitative estimate of drug-likeness (QED) is 0.708. The Labute approximate surface area is 149 Å². The number of thiophene rings is 1. The van der Waals surface area contributed by atoms with Gasteiger partial charge in [-0.1, -0.05) is 17.2 Å². The molecule has 0 atom stereocenters. The van der Waals surface area contributed by atoms with Gasteiger partial charge in [-0.05, 0) is 25.5 Å². The highest BCUT2D eigenvalue weighted by molar-refractivity contribution is 7.19. The number of anilines is 1. The van der Waals surface area contributed by atoms with E-state index in [0.717, 1.165) is 32.8 Å². The van der Waals surface area contributed by atoms with Crippen LogP contribution in [0.3, 0.4) is 0 Å². The molecule has 126 valence electrons. The highest BCUT2D eigenvalue weighted by Crippen LogP contribution is 2.41. The van der Waals surface area contributed by atoms with E-state index in [-0.39, 0.29) is 0 Å². The fourth-order valence-corrected chi connectivity index (χ4v) is 3.87. The van der Waals surface area contributed by atoms with Gasteiger partial charge in [0.05, 0.1) is 23.5 Å². The first kappa shape index (κ1) is 15.7. The molecular formula is C18H18N5OS+. The molecule has 4 rings (SSSR count). The van der Waals surface area contributed by atoms with E-state index in [1.165, 1.54) is 10.4 Å². The minimum Gasteiger partial charge on any atom is -0.496 e. The molecular weight excluding hydrogens is 334 g/mol. The second kappa shape index (κ2) is 6.27. The zero-order valence-electron chi connectivity index (χ0n) is 14.2. The van der Waals surface area contributed by atoms with Gasteiger partial charge in [0.1, 0.15) is 23.9 Å². The topological polar surface area (TPSA) is 76.0 Å². The number of rotatable bonds is 4. The fraction of sp³-hybridized carbons (Fsp3) is 0.167. The van der Waals surface area contributed by atoms with Crippen LogP contribution in [-0.4, -0.2) is 23.3 Å². The van der Waals surface area contributed by atoms with Gasteiger partial charge in [-0.25, -0.2) is 9.97 Å². The van der Waals surface area contributed by atoms with Crippen LogP contribution >= 0.6 is 11.3 Å². The van der Waals surface area contributed by atoms with Crippen molar-refractivity contribution in [1.29, 1.82) is 0 Å². The second-order valence-electron chi connectivity index (χ2n) is 5.82. The van der Waals surface area contributed by atoms with Gasteiger partial charge in [-0.15, -0.1) is 11.3 Å². The molecule has 3 heterocycles. The summed E-state index contributed by atoms with van der Waals surface area (Å²) < 4.78 is 6.66. The Kier molecular flexibility index (Phi) is 3.95. The largest absolute Gasteiger partial charge is 0.496 e. The number of nitrogens with one attached hydrogen (secondary N) is 1. The van der Waals surface area contributed by atoms with Crippen LogP contribution in [0.2, 0.25) is 0 Å². The zero-order valence-corrected chi connectivity index (χ0v) is 15.0. The molecule has 0 fully saturated rings. The van der Waals surface area contributed by atoms with Crippen molar-refractivity contribution in [2.45, 2.75) is 13.8 Å². The first-order valence-electron chi connectivity index (χ1n) is 7.90. The van der Waals surface area contributed by atoms with Gasteiger partial charge in [0, 0.05) is 16.0 Å². The summed E-state index contributed by atoms with van der Waals surface area (Å²) in [5.41, 5.74) is 6.86. The first-order chi connectivity index (χ1) is 12.2. The fourth-order valence-electron chi connectivity index (χ4n) is 2.88. The third-order valence-corrected chi connectivity index (χ3v) is 5.07. The normalized spacial score (nSPS) is 13.3. The molecule has 0 spiro atoms. The molecule has 7 heteroatoms. The number of aromatic nitrogens is 2. The Balaban J connectivity index is 1.85. The van der Waals surface area contributed by atoms with Crippen LogP contribution in [0, 0.1) is 13.8 Å². The van der Waals surface area contributed by atoms with E-state index in [1.54, 1.807) is 30.1 Å². The van der Waals surface area contributed by atoms with Gasteiger partial charge >= 0.3 is 0 Å². The Hall–Kier alpha value is -2.77. The maximum Gasteiger partial charge on any atom is 0.228 e. The standard InChI is InChI=1S/C18H17N5OS/c1-10-4-5-13(14(6-10)24-3)16-11(2)25-15-9-19-18(23-17(15)16)22-12-7-20-21-8-12/h4-9H,1-3H3,(H,20,21)(H,19,22,23)/p+1. The summed E-state index contributed by atoms with van der Waals surface area (Å²) in [7, 11) is 1.70. The van der Waals surface area contributed by atoms with Crippen molar-refractivity contribution in [1.82, 2.24) is 9.97 Å². The third kappa shape index (κ3) is 2.88. The van der Waals surface area contributed by atoms with Gasteiger partial charge in [0.25, 0.3) is 0 Å². The van der Waals surface area contributed by atoms with Gasteiger partial charge in [0.15, 0.2) is 0 Å². The van der Waals surface area contributed by atoms with Crippen molar-refractivity contribution in [3.05, 3.63) is 46.7 Å². The number of allylic oxidation sites excluding steroid dienone is 1. The lowest BCUT2D eigenvalue weighted by atomic mass is 10.0. The van der Waals surface area contributed by atoms with Crippen molar-refractivity contribution >= 4 is 33.7 Å². The summed E-state index contributed by atoms with van der Waals surface area (Å²) in [5, 5.41) is 7.24. The predicted octanol–water partition coefficient (Wildman–Crippen LogP) is 2.80. The average molecular weight is 352 g/mol. The molecule has 1 aromatic carbocycles. The van der Waals surface area contributed by atoms with Crippen LogP contribution in [0.25, 0.3) is 21.3 Å². The van der Waals surface area contributed by atoms with E-state index in [0.29, 0.717) is 5.95 Å². The number of aryl methyl sites for hydroxylation is 2. The number of fused-ring (bicyclic) bond motifs is 1. The number of hydrogen-bond acceptors (Lipinski definition) is 6. The van der Waals surface area contributed by atoms with E-state index < -0.39 is 0 Å². The van der Waals surface area contributed by atoms with Crippen molar-refractivity contribution in [2.75, 3.05) is 12.4 Å². The summed E-state index contributed by atoms with van der Waals surface area (Å²) in [6.45, 7) is 4.16. The number of benzene rings is 1. The van der Waals surface area contributed by atoms with E-state index in [1.807, 2.05) is 18.5 Å². The van der Waals surface area contributed by atoms with Crippen LogP contribution in [0.5, 0.6) is 5.75 Å². The Morgan fingerprint density at radius 3 is 2.88 bits per heavy atom. The highest BCUT2D eigenvalue weighted by Gasteiger charge is 2.18. The molecule has 0 aliphatic carbocycles. The molecule has 3 aromatic rings.